The van der Waals surface area contributed by atoms with Crippen LogP contribution < -0.4 is 9.62 Å². The number of nitrogens with zero attached hydrogens (tertiary/aromatic N) is 2. The summed E-state index contributed by atoms with van der Waals surface area (Å²) in [5, 5.41) is 2.93. The van der Waals surface area contributed by atoms with Crippen LogP contribution in [0, 0.1) is 6.92 Å². The molecule has 0 aliphatic rings. The minimum Gasteiger partial charge on any atom is -0.350 e. The molecule has 0 fully saturated rings. The minimum absolute atomic E-state index is 0.0661. The molecule has 0 saturated heterocycles. The van der Waals surface area contributed by atoms with Crippen LogP contribution >= 0.6 is 15.9 Å². The zero-order valence-electron chi connectivity index (χ0n) is 22.3. The average Bonchev–Trinajstić information content (AvgIpc) is 2.85. The standard InChI is InChI=1S/C29H34BrN3O4S/c1-21-14-16-23(17-15-21)19-32(22(2)28(35)31-29(3,4)5)27(34)20-33(25-11-9-10-24(30)18-25)38(36,37)26-12-7-6-8-13-26/h6-18,22H,19-20H2,1-5H3,(H,31,35). The van der Waals surface area contributed by atoms with E-state index in [9.17, 15) is 18.0 Å². The van der Waals surface area contributed by atoms with Gasteiger partial charge in [-0.15, -0.1) is 0 Å². The number of carbonyl (C=O) groups excluding carboxylic acids is 2. The van der Waals surface area contributed by atoms with Gasteiger partial charge >= 0.3 is 0 Å². The fourth-order valence-corrected chi connectivity index (χ4v) is 5.64. The first-order valence-electron chi connectivity index (χ1n) is 12.3. The molecular formula is C29H34BrN3O4S. The van der Waals surface area contributed by atoms with Crippen molar-refractivity contribution in [2.75, 3.05) is 10.8 Å². The minimum atomic E-state index is -4.09. The number of amides is 2. The van der Waals surface area contributed by atoms with Crippen molar-refractivity contribution in [3.63, 3.8) is 0 Å². The lowest BCUT2D eigenvalue weighted by Crippen LogP contribution is -2.54. The monoisotopic (exact) mass is 599 g/mol. The second kappa shape index (κ2) is 12.1. The summed E-state index contributed by atoms with van der Waals surface area (Å²) >= 11 is 3.40. The lowest BCUT2D eigenvalue weighted by atomic mass is 10.1. The summed E-state index contributed by atoms with van der Waals surface area (Å²) in [5.41, 5.74) is 1.74. The third-order valence-corrected chi connectivity index (χ3v) is 8.13. The van der Waals surface area contributed by atoms with Crippen LogP contribution in [-0.4, -0.2) is 43.3 Å². The van der Waals surface area contributed by atoms with Gasteiger partial charge in [0.25, 0.3) is 10.0 Å². The van der Waals surface area contributed by atoms with Gasteiger partial charge in [0.2, 0.25) is 11.8 Å². The molecule has 38 heavy (non-hydrogen) atoms. The lowest BCUT2D eigenvalue weighted by Gasteiger charge is -2.33. The summed E-state index contributed by atoms with van der Waals surface area (Å²) < 4.78 is 29.3. The molecule has 9 heteroatoms. The van der Waals surface area contributed by atoms with Crippen LogP contribution in [-0.2, 0) is 26.2 Å². The molecule has 0 aromatic heterocycles. The average molecular weight is 601 g/mol. The zero-order valence-corrected chi connectivity index (χ0v) is 24.7. The molecule has 7 nitrogen and oxygen atoms in total. The van der Waals surface area contributed by atoms with E-state index in [1.165, 1.54) is 17.0 Å². The zero-order chi connectivity index (χ0) is 28.1. The van der Waals surface area contributed by atoms with Crippen molar-refractivity contribution >= 4 is 43.5 Å². The number of sulfonamides is 1. The molecule has 3 aromatic carbocycles. The third-order valence-electron chi connectivity index (χ3n) is 5.85. The Hall–Kier alpha value is -3.17. The Morgan fingerprint density at radius 2 is 1.58 bits per heavy atom. The number of benzene rings is 3. The van der Waals surface area contributed by atoms with E-state index in [4.69, 9.17) is 0 Å². The van der Waals surface area contributed by atoms with Crippen molar-refractivity contribution in [2.45, 2.75) is 57.6 Å². The Kier molecular flexibility index (Phi) is 9.38. The van der Waals surface area contributed by atoms with Crippen molar-refractivity contribution < 1.29 is 18.0 Å². The molecule has 1 unspecified atom stereocenters. The second-order valence-electron chi connectivity index (χ2n) is 10.2. The van der Waals surface area contributed by atoms with Crippen LogP contribution in [0.4, 0.5) is 5.69 Å². The van der Waals surface area contributed by atoms with Crippen LogP contribution in [0.1, 0.15) is 38.8 Å². The molecule has 0 saturated carbocycles. The van der Waals surface area contributed by atoms with E-state index in [1.807, 2.05) is 52.0 Å². The predicted molar refractivity (Wildman–Crippen MR) is 154 cm³/mol. The highest BCUT2D eigenvalue weighted by Crippen LogP contribution is 2.27. The highest BCUT2D eigenvalue weighted by atomic mass is 79.9. The van der Waals surface area contributed by atoms with Gasteiger partial charge < -0.3 is 10.2 Å². The first-order chi connectivity index (χ1) is 17.8. The summed E-state index contributed by atoms with van der Waals surface area (Å²) in [7, 11) is -4.09. The Morgan fingerprint density at radius 1 is 0.947 bits per heavy atom. The van der Waals surface area contributed by atoms with Gasteiger partial charge in [0, 0.05) is 16.6 Å². The van der Waals surface area contributed by atoms with E-state index in [1.54, 1.807) is 49.4 Å². The largest absolute Gasteiger partial charge is 0.350 e. The quantitative estimate of drug-likeness (QED) is 0.362. The van der Waals surface area contributed by atoms with Gasteiger partial charge in [-0.05, 0) is 70.5 Å². The van der Waals surface area contributed by atoms with Crippen molar-refractivity contribution in [2.24, 2.45) is 0 Å². The molecule has 3 rings (SSSR count). The van der Waals surface area contributed by atoms with Gasteiger partial charge in [0.1, 0.15) is 12.6 Å². The van der Waals surface area contributed by atoms with Crippen LogP contribution in [0.3, 0.4) is 0 Å². The van der Waals surface area contributed by atoms with E-state index in [-0.39, 0.29) is 17.3 Å². The molecule has 0 bridgehead atoms. The predicted octanol–water partition coefficient (Wildman–Crippen LogP) is 5.28. The molecule has 0 aliphatic carbocycles. The number of hydrogen-bond acceptors (Lipinski definition) is 4. The molecule has 2 amide bonds. The van der Waals surface area contributed by atoms with Crippen LogP contribution in [0.2, 0.25) is 0 Å². The molecule has 1 atom stereocenters. The number of rotatable bonds is 9. The van der Waals surface area contributed by atoms with Crippen molar-refractivity contribution in [1.82, 2.24) is 10.2 Å². The maximum atomic E-state index is 13.9. The topological polar surface area (TPSA) is 86.8 Å². The summed E-state index contributed by atoms with van der Waals surface area (Å²) in [6.45, 7) is 8.89. The maximum Gasteiger partial charge on any atom is 0.264 e. The van der Waals surface area contributed by atoms with Gasteiger partial charge in [-0.1, -0.05) is 70.0 Å². The van der Waals surface area contributed by atoms with E-state index in [0.29, 0.717) is 10.2 Å². The normalized spacial score (nSPS) is 12.5. The Balaban J connectivity index is 2.02. The Labute approximate surface area is 234 Å². The summed E-state index contributed by atoms with van der Waals surface area (Å²) in [6, 6.07) is 21.6. The fraction of sp³-hybridized carbons (Fsp3) is 0.310. The lowest BCUT2D eigenvalue weighted by molar-refractivity contribution is -0.140. The SMILES string of the molecule is Cc1ccc(CN(C(=O)CN(c2cccc(Br)c2)S(=O)(=O)c2ccccc2)C(C)C(=O)NC(C)(C)C)cc1. The van der Waals surface area contributed by atoms with Crippen molar-refractivity contribution in [1.29, 1.82) is 0 Å². The fourth-order valence-electron chi connectivity index (χ4n) is 3.83. The molecule has 1 N–H and O–H groups in total. The smallest absolute Gasteiger partial charge is 0.264 e. The van der Waals surface area contributed by atoms with E-state index in [2.05, 4.69) is 21.2 Å². The van der Waals surface area contributed by atoms with E-state index < -0.39 is 34.1 Å². The third kappa shape index (κ3) is 7.68. The van der Waals surface area contributed by atoms with Gasteiger partial charge in [-0.2, -0.15) is 0 Å². The molecular weight excluding hydrogens is 566 g/mol. The molecule has 202 valence electrons. The van der Waals surface area contributed by atoms with Gasteiger partial charge in [0.15, 0.2) is 0 Å². The molecule has 3 aromatic rings. The maximum absolute atomic E-state index is 13.9. The van der Waals surface area contributed by atoms with E-state index in [0.717, 1.165) is 15.4 Å². The highest BCUT2D eigenvalue weighted by Gasteiger charge is 2.33. The van der Waals surface area contributed by atoms with Gasteiger partial charge in [-0.3, -0.25) is 13.9 Å². The van der Waals surface area contributed by atoms with Gasteiger partial charge in [0.05, 0.1) is 10.6 Å². The first-order valence-corrected chi connectivity index (χ1v) is 14.5. The molecule has 0 radical (unpaired) electrons. The number of nitrogens with one attached hydrogen (secondary N) is 1. The van der Waals surface area contributed by atoms with Crippen LogP contribution in [0.25, 0.3) is 0 Å². The summed E-state index contributed by atoms with van der Waals surface area (Å²) in [5.74, 6) is -0.820. The second-order valence-corrected chi connectivity index (χ2v) is 13.0. The first kappa shape index (κ1) is 29.4. The van der Waals surface area contributed by atoms with Gasteiger partial charge in [-0.25, -0.2) is 8.42 Å². The highest BCUT2D eigenvalue weighted by molar-refractivity contribution is 9.10. The van der Waals surface area contributed by atoms with Crippen LogP contribution in [0.5, 0.6) is 0 Å². The number of aryl methyl sites for hydroxylation is 1. The molecule has 0 spiro atoms. The Bertz CT molecular complexity index is 1370. The van der Waals surface area contributed by atoms with Crippen molar-refractivity contribution in [3.8, 4) is 0 Å². The number of anilines is 1. The number of halogens is 1. The number of carbonyl (C=O) groups is 2. The summed E-state index contributed by atoms with van der Waals surface area (Å²) in [6.07, 6.45) is 0. The summed E-state index contributed by atoms with van der Waals surface area (Å²) in [4.78, 5) is 28.5. The van der Waals surface area contributed by atoms with Crippen LogP contribution in [0.15, 0.2) is 88.2 Å². The van der Waals surface area contributed by atoms with E-state index >= 15 is 0 Å². The Morgan fingerprint density at radius 3 is 2.16 bits per heavy atom. The molecule has 0 aliphatic heterocycles. The van der Waals surface area contributed by atoms with Crippen molar-refractivity contribution in [3.05, 3.63) is 94.5 Å². The number of hydrogen-bond donors (Lipinski definition) is 1. The molecule has 0 heterocycles.